The summed E-state index contributed by atoms with van der Waals surface area (Å²) >= 11 is 0. The molecule has 0 aliphatic heterocycles. The molecule has 0 unspecified atom stereocenters. The highest BCUT2D eigenvalue weighted by atomic mass is 19.1. The SMILES string of the molecule is CNc1nc(NCCOC(N)=O)c(F)cc1F. The zero-order valence-corrected chi connectivity index (χ0v) is 9.09. The number of anilines is 2. The molecule has 1 aromatic heterocycles. The van der Waals surface area contributed by atoms with Crippen molar-refractivity contribution >= 4 is 17.7 Å². The Labute approximate surface area is 96.2 Å². The van der Waals surface area contributed by atoms with E-state index in [4.69, 9.17) is 5.73 Å². The quantitative estimate of drug-likeness (QED) is 0.672. The van der Waals surface area contributed by atoms with E-state index in [0.29, 0.717) is 6.07 Å². The predicted molar refractivity (Wildman–Crippen MR) is 57.7 cm³/mol. The number of hydrogen-bond donors (Lipinski definition) is 3. The van der Waals surface area contributed by atoms with Gasteiger partial charge in [-0.2, -0.15) is 0 Å². The van der Waals surface area contributed by atoms with Crippen LogP contribution in [-0.4, -0.2) is 31.3 Å². The zero-order chi connectivity index (χ0) is 12.8. The third-order valence-corrected chi connectivity index (χ3v) is 1.81. The average Bonchev–Trinajstić information content (AvgIpc) is 2.26. The number of rotatable bonds is 5. The highest BCUT2D eigenvalue weighted by Gasteiger charge is 2.10. The Balaban J connectivity index is 2.61. The van der Waals surface area contributed by atoms with Crippen molar-refractivity contribution in [2.45, 2.75) is 0 Å². The third-order valence-electron chi connectivity index (χ3n) is 1.81. The van der Waals surface area contributed by atoms with Crippen LogP contribution in [0.2, 0.25) is 0 Å². The van der Waals surface area contributed by atoms with E-state index < -0.39 is 17.7 Å². The molecule has 0 bridgehead atoms. The van der Waals surface area contributed by atoms with Gasteiger partial charge in [-0.05, 0) is 0 Å². The first kappa shape index (κ1) is 12.9. The van der Waals surface area contributed by atoms with Crippen molar-refractivity contribution in [2.75, 3.05) is 30.8 Å². The van der Waals surface area contributed by atoms with Crippen LogP contribution < -0.4 is 16.4 Å². The zero-order valence-electron chi connectivity index (χ0n) is 9.09. The number of nitrogens with zero attached hydrogens (tertiary/aromatic N) is 1. The predicted octanol–water partition coefficient (Wildman–Crippen LogP) is 0.909. The lowest BCUT2D eigenvalue weighted by Gasteiger charge is -2.09. The van der Waals surface area contributed by atoms with E-state index in [0.717, 1.165) is 0 Å². The first-order valence-electron chi connectivity index (χ1n) is 4.74. The molecule has 94 valence electrons. The number of nitrogens with two attached hydrogens (primary N) is 1. The van der Waals surface area contributed by atoms with Crippen LogP contribution in [0.1, 0.15) is 0 Å². The van der Waals surface area contributed by atoms with Gasteiger partial charge in [0.15, 0.2) is 23.3 Å². The number of amides is 1. The van der Waals surface area contributed by atoms with Gasteiger partial charge in [0.2, 0.25) is 0 Å². The summed E-state index contributed by atoms with van der Waals surface area (Å²) < 4.78 is 30.7. The van der Waals surface area contributed by atoms with Crippen molar-refractivity contribution in [3.63, 3.8) is 0 Å². The molecule has 0 fully saturated rings. The first-order chi connectivity index (χ1) is 8.04. The molecule has 1 heterocycles. The molecule has 1 rings (SSSR count). The molecule has 1 aromatic rings. The molecule has 0 aliphatic rings. The minimum atomic E-state index is -0.921. The highest BCUT2D eigenvalue weighted by Crippen LogP contribution is 2.18. The summed E-state index contributed by atoms with van der Waals surface area (Å²) in [6.45, 7) is 0.0738. The molecule has 0 saturated heterocycles. The lowest BCUT2D eigenvalue weighted by atomic mass is 10.4. The van der Waals surface area contributed by atoms with Crippen molar-refractivity contribution in [1.82, 2.24) is 4.98 Å². The summed E-state index contributed by atoms with van der Waals surface area (Å²) in [5.41, 5.74) is 4.73. The van der Waals surface area contributed by atoms with Crippen LogP contribution in [0.5, 0.6) is 0 Å². The molecule has 0 atom stereocenters. The molecular weight excluding hydrogens is 234 g/mol. The van der Waals surface area contributed by atoms with Gasteiger partial charge < -0.3 is 21.1 Å². The third kappa shape index (κ3) is 3.74. The second-order valence-electron chi connectivity index (χ2n) is 2.99. The molecule has 4 N–H and O–H groups in total. The summed E-state index contributed by atoms with van der Waals surface area (Å²) in [6, 6.07) is 0.704. The largest absolute Gasteiger partial charge is 0.448 e. The van der Waals surface area contributed by atoms with Crippen LogP contribution in [0.25, 0.3) is 0 Å². The maximum atomic E-state index is 13.2. The molecule has 6 nitrogen and oxygen atoms in total. The normalized spacial score (nSPS) is 9.82. The molecule has 8 heteroatoms. The summed E-state index contributed by atoms with van der Waals surface area (Å²) in [6.07, 6.45) is -0.921. The fourth-order valence-corrected chi connectivity index (χ4v) is 1.09. The Hall–Kier alpha value is -2.12. The Morgan fingerprint density at radius 3 is 2.71 bits per heavy atom. The summed E-state index contributed by atoms with van der Waals surface area (Å²) in [5.74, 6) is -1.84. The van der Waals surface area contributed by atoms with Crippen molar-refractivity contribution < 1.29 is 18.3 Å². The van der Waals surface area contributed by atoms with Gasteiger partial charge in [-0.1, -0.05) is 0 Å². The fourth-order valence-electron chi connectivity index (χ4n) is 1.09. The topological polar surface area (TPSA) is 89.3 Å². The van der Waals surface area contributed by atoms with Crippen LogP contribution >= 0.6 is 0 Å². The van der Waals surface area contributed by atoms with Crippen LogP contribution in [0.15, 0.2) is 6.07 Å². The molecular formula is C9H12F2N4O2. The summed E-state index contributed by atoms with van der Waals surface area (Å²) in [7, 11) is 1.46. The number of carbonyl (C=O) groups is 1. The van der Waals surface area contributed by atoms with Crippen molar-refractivity contribution in [1.29, 1.82) is 0 Å². The Kier molecular flexibility index (Phi) is 4.44. The van der Waals surface area contributed by atoms with Gasteiger partial charge in [0, 0.05) is 13.1 Å². The highest BCUT2D eigenvalue weighted by molar-refractivity contribution is 5.64. The lowest BCUT2D eigenvalue weighted by Crippen LogP contribution is -2.19. The van der Waals surface area contributed by atoms with Gasteiger partial charge in [0.25, 0.3) is 0 Å². The fraction of sp³-hybridized carbons (Fsp3) is 0.333. The van der Waals surface area contributed by atoms with Gasteiger partial charge >= 0.3 is 6.09 Å². The van der Waals surface area contributed by atoms with E-state index in [1.54, 1.807) is 0 Å². The number of aromatic nitrogens is 1. The number of carbonyl (C=O) groups excluding carboxylic acids is 1. The van der Waals surface area contributed by atoms with Gasteiger partial charge in [0.05, 0.1) is 6.54 Å². The second-order valence-corrected chi connectivity index (χ2v) is 2.99. The maximum Gasteiger partial charge on any atom is 0.404 e. The van der Waals surface area contributed by atoms with E-state index in [2.05, 4.69) is 20.4 Å². The number of primary amides is 1. The van der Waals surface area contributed by atoms with Crippen molar-refractivity contribution in [2.24, 2.45) is 5.73 Å². The first-order valence-corrected chi connectivity index (χ1v) is 4.74. The molecule has 0 aromatic carbocycles. The second kappa shape index (κ2) is 5.83. The number of hydrogen-bond acceptors (Lipinski definition) is 5. The van der Waals surface area contributed by atoms with Crippen LogP contribution in [0.4, 0.5) is 25.2 Å². The number of nitrogens with one attached hydrogen (secondary N) is 2. The van der Waals surface area contributed by atoms with E-state index >= 15 is 0 Å². The van der Waals surface area contributed by atoms with Crippen molar-refractivity contribution in [3.8, 4) is 0 Å². The van der Waals surface area contributed by atoms with Crippen molar-refractivity contribution in [3.05, 3.63) is 17.7 Å². The van der Waals surface area contributed by atoms with E-state index in [-0.39, 0.29) is 24.8 Å². The van der Waals surface area contributed by atoms with Crippen LogP contribution in [-0.2, 0) is 4.74 Å². The summed E-state index contributed by atoms with van der Waals surface area (Å²) in [4.78, 5) is 13.9. The van der Waals surface area contributed by atoms with E-state index in [1.807, 2.05) is 0 Å². The smallest absolute Gasteiger partial charge is 0.404 e. The molecule has 1 amide bonds. The monoisotopic (exact) mass is 246 g/mol. The Morgan fingerprint density at radius 1 is 1.47 bits per heavy atom. The van der Waals surface area contributed by atoms with Gasteiger partial charge in [-0.3, -0.25) is 0 Å². The van der Waals surface area contributed by atoms with E-state index in [1.165, 1.54) is 7.05 Å². The van der Waals surface area contributed by atoms with Gasteiger partial charge in [-0.25, -0.2) is 18.6 Å². The minimum absolute atomic E-state index is 0.0390. The van der Waals surface area contributed by atoms with E-state index in [9.17, 15) is 13.6 Å². The van der Waals surface area contributed by atoms with Crippen LogP contribution in [0, 0.1) is 11.6 Å². The Bertz CT molecular complexity index is 414. The summed E-state index contributed by atoms with van der Waals surface area (Å²) in [5, 5.41) is 5.02. The average molecular weight is 246 g/mol. The lowest BCUT2D eigenvalue weighted by molar-refractivity contribution is 0.161. The minimum Gasteiger partial charge on any atom is -0.448 e. The number of halogens is 2. The standard InChI is InChI=1S/C9H12F2N4O2/c1-13-7-5(10)4-6(11)8(15-7)14-2-3-17-9(12)16/h4H,2-3H2,1H3,(H2,12,16)(H2,13,14,15). The molecule has 0 spiro atoms. The van der Waals surface area contributed by atoms with Crippen LogP contribution in [0.3, 0.4) is 0 Å². The molecule has 17 heavy (non-hydrogen) atoms. The number of ether oxygens (including phenoxy) is 1. The molecule has 0 radical (unpaired) electrons. The maximum absolute atomic E-state index is 13.2. The Morgan fingerprint density at radius 2 is 2.12 bits per heavy atom. The molecule has 0 aliphatic carbocycles. The van der Waals surface area contributed by atoms with Gasteiger partial charge in [0.1, 0.15) is 6.61 Å². The van der Waals surface area contributed by atoms with Gasteiger partial charge in [-0.15, -0.1) is 0 Å². The molecule has 0 saturated carbocycles. The number of pyridine rings is 1.